The summed E-state index contributed by atoms with van der Waals surface area (Å²) in [6.45, 7) is 2.35. The van der Waals surface area contributed by atoms with E-state index in [4.69, 9.17) is 0 Å². The van der Waals surface area contributed by atoms with Gasteiger partial charge in [-0.05, 0) is 24.1 Å². The van der Waals surface area contributed by atoms with E-state index < -0.39 is 0 Å². The molecule has 0 spiro atoms. The third-order valence-corrected chi connectivity index (χ3v) is 5.29. The van der Waals surface area contributed by atoms with Crippen LogP contribution in [0.1, 0.15) is 23.6 Å². The Hall–Kier alpha value is -2.80. The monoisotopic (exact) mass is 295 g/mol. The van der Waals surface area contributed by atoms with Gasteiger partial charge in [0.1, 0.15) is 0 Å². The maximum absolute atomic E-state index is 3.66. The van der Waals surface area contributed by atoms with Crippen LogP contribution in [0.2, 0.25) is 0 Å². The van der Waals surface area contributed by atoms with Crippen LogP contribution in [0.15, 0.2) is 78.9 Å². The molecule has 5 rings (SSSR count). The molecule has 0 fully saturated rings. The topological polar surface area (TPSA) is 15.8 Å². The quantitative estimate of drug-likeness (QED) is 0.477. The summed E-state index contributed by atoms with van der Waals surface area (Å²) < 4.78 is 0. The van der Waals surface area contributed by atoms with Crippen molar-refractivity contribution in [2.45, 2.75) is 12.3 Å². The first-order valence-electron chi connectivity index (χ1n) is 8.07. The van der Waals surface area contributed by atoms with Gasteiger partial charge in [0, 0.05) is 27.4 Å². The SMILES string of the molecule is CC1(c2ccccc2)c2ccccc2-c2[nH]c3ccccc3c21. The molecule has 1 atom stereocenters. The molecule has 1 aromatic heterocycles. The van der Waals surface area contributed by atoms with Gasteiger partial charge in [-0.25, -0.2) is 0 Å². The molecule has 1 heterocycles. The van der Waals surface area contributed by atoms with Crippen LogP contribution in [0, 0.1) is 0 Å². The van der Waals surface area contributed by atoms with Gasteiger partial charge in [-0.3, -0.25) is 0 Å². The molecule has 0 amide bonds. The maximum atomic E-state index is 3.66. The predicted octanol–water partition coefficient (Wildman–Crippen LogP) is 5.50. The number of hydrogen-bond acceptors (Lipinski definition) is 0. The van der Waals surface area contributed by atoms with Crippen molar-refractivity contribution in [3.63, 3.8) is 0 Å². The van der Waals surface area contributed by atoms with E-state index in [-0.39, 0.29) is 5.41 Å². The molecule has 0 saturated carbocycles. The number of benzene rings is 3. The summed E-state index contributed by atoms with van der Waals surface area (Å²) in [6.07, 6.45) is 0. The van der Waals surface area contributed by atoms with Gasteiger partial charge in [-0.1, -0.05) is 72.8 Å². The molecule has 1 N–H and O–H groups in total. The molecule has 0 bridgehead atoms. The molecule has 23 heavy (non-hydrogen) atoms. The second kappa shape index (κ2) is 4.36. The van der Waals surface area contributed by atoms with E-state index in [2.05, 4.69) is 90.8 Å². The predicted molar refractivity (Wildman–Crippen MR) is 95.7 cm³/mol. The Bertz CT molecular complexity index is 1030. The number of fused-ring (bicyclic) bond motifs is 5. The van der Waals surface area contributed by atoms with E-state index in [1.54, 1.807) is 0 Å². The average molecular weight is 295 g/mol. The lowest BCUT2D eigenvalue weighted by atomic mass is 9.74. The summed E-state index contributed by atoms with van der Waals surface area (Å²) in [7, 11) is 0. The molecule has 1 aliphatic carbocycles. The minimum absolute atomic E-state index is 0.118. The van der Waals surface area contributed by atoms with Gasteiger partial charge in [0.25, 0.3) is 0 Å². The summed E-state index contributed by atoms with van der Waals surface area (Å²) in [5.41, 5.74) is 7.83. The van der Waals surface area contributed by atoms with Crippen LogP contribution < -0.4 is 0 Å². The number of hydrogen-bond donors (Lipinski definition) is 1. The lowest BCUT2D eigenvalue weighted by Crippen LogP contribution is -2.22. The fourth-order valence-electron chi connectivity index (χ4n) is 4.21. The van der Waals surface area contributed by atoms with Crippen LogP contribution in [0.25, 0.3) is 22.2 Å². The summed E-state index contributed by atoms with van der Waals surface area (Å²) in [5, 5.41) is 1.32. The standard InChI is InChI=1S/C22H17N/c1-22(15-9-3-2-4-10-15)18-13-7-5-11-16(18)21-20(22)17-12-6-8-14-19(17)23-21/h2-14,23H,1H3. The number of rotatable bonds is 1. The fraction of sp³-hybridized carbons (Fsp3) is 0.0909. The lowest BCUT2D eigenvalue weighted by molar-refractivity contribution is 0.721. The number of aromatic nitrogens is 1. The Morgan fingerprint density at radius 3 is 2.30 bits per heavy atom. The highest BCUT2D eigenvalue weighted by Crippen LogP contribution is 2.54. The number of para-hydroxylation sites is 1. The highest BCUT2D eigenvalue weighted by atomic mass is 14.8. The Labute approximate surface area is 135 Å². The minimum atomic E-state index is -0.118. The van der Waals surface area contributed by atoms with E-state index in [9.17, 15) is 0 Å². The van der Waals surface area contributed by atoms with Crippen LogP contribution in [0.5, 0.6) is 0 Å². The molecule has 1 unspecified atom stereocenters. The van der Waals surface area contributed by atoms with Crippen LogP contribution in [-0.4, -0.2) is 4.98 Å². The van der Waals surface area contributed by atoms with Gasteiger partial charge in [-0.2, -0.15) is 0 Å². The molecule has 1 aliphatic rings. The van der Waals surface area contributed by atoms with Crippen molar-refractivity contribution in [2.24, 2.45) is 0 Å². The molecule has 0 radical (unpaired) electrons. The molecule has 4 aromatic rings. The first kappa shape index (κ1) is 12.7. The normalized spacial score (nSPS) is 18.8. The lowest BCUT2D eigenvalue weighted by Gasteiger charge is -2.28. The van der Waals surface area contributed by atoms with Crippen molar-refractivity contribution in [1.29, 1.82) is 0 Å². The van der Waals surface area contributed by atoms with Crippen molar-refractivity contribution in [3.8, 4) is 11.3 Å². The highest BCUT2D eigenvalue weighted by molar-refractivity contribution is 5.97. The van der Waals surface area contributed by atoms with E-state index in [1.807, 2.05) is 0 Å². The van der Waals surface area contributed by atoms with Crippen molar-refractivity contribution >= 4 is 10.9 Å². The van der Waals surface area contributed by atoms with E-state index >= 15 is 0 Å². The largest absolute Gasteiger partial charge is 0.354 e. The van der Waals surface area contributed by atoms with Crippen LogP contribution >= 0.6 is 0 Å². The molecule has 1 nitrogen and oxygen atoms in total. The molecular formula is C22H17N. The Morgan fingerprint density at radius 2 is 1.43 bits per heavy atom. The smallest absolute Gasteiger partial charge is 0.0513 e. The third kappa shape index (κ3) is 1.52. The number of aromatic amines is 1. The first-order valence-corrected chi connectivity index (χ1v) is 8.07. The summed E-state index contributed by atoms with van der Waals surface area (Å²) >= 11 is 0. The summed E-state index contributed by atoms with van der Waals surface area (Å²) in [5.74, 6) is 0. The molecule has 110 valence electrons. The van der Waals surface area contributed by atoms with Crippen molar-refractivity contribution in [2.75, 3.05) is 0 Å². The van der Waals surface area contributed by atoms with Crippen molar-refractivity contribution in [3.05, 3.63) is 95.6 Å². The van der Waals surface area contributed by atoms with Gasteiger partial charge < -0.3 is 4.98 Å². The molecular weight excluding hydrogens is 278 g/mol. The zero-order valence-electron chi connectivity index (χ0n) is 13.0. The maximum Gasteiger partial charge on any atom is 0.0513 e. The van der Waals surface area contributed by atoms with Gasteiger partial charge >= 0.3 is 0 Å². The van der Waals surface area contributed by atoms with Crippen LogP contribution in [0.3, 0.4) is 0 Å². The number of nitrogens with one attached hydrogen (secondary N) is 1. The van der Waals surface area contributed by atoms with Gasteiger partial charge in [-0.15, -0.1) is 0 Å². The van der Waals surface area contributed by atoms with Gasteiger partial charge in [0.05, 0.1) is 5.69 Å². The van der Waals surface area contributed by atoms with Crippen LogP contribution in [0.4, 0.5) is 0 Å². The molecule has 1 heteroatoms. The Kier molecular flexibility index (Phi) is 2.41. The van der Waals surface area contributed by atoms with E-state index in [0.29, 0.717) is 0 Å². The third-order valence-electron chi connectivity index (χ3n) is 5.29. The zero-order chi connectivity index (χ0) is 15.4. The second-order valence-electron chi connectivity index (χ2n) is 6.46. The first-order chi connectivity index (χ1) is 11.3. The number of H-pyrrole nitrogens is 1. The fourth-order valence-corrected chi connectivity index (χ4v) is 4.21. The second-order valence-corrected chi connectivity index (χ2v) is 6.46. The summed E-state index contributed by atoms with van der Waals surface area (Å²) in [6, 6.07) is 28.3. The van der Waals surface area contributed by atoms with Gasteiger partial charge in [0.2, 0.25) is 0 Å². The van der Waals surface area contributed by atoms with Crippen LogP contribution in [-0.2, 0) is 5.41 Å². The molecule has 3 aromatic carbocycles. The Morgan fingerprint density at radius 1 is 0.739 bits per heavy atom. The zero-order valence-corrected chi connectivity index (χ0v) is 13.0. The van der Waals surface area contributed by atoms with E-state index in [0.717, 1.165) is 0 Å². The highest BCUT2D eigenvalue weighted by Gasteiger charge is 2.42. The van der Waals surface area contributed by atoms with Gasteiger partial charge in [0.15, 0.2) is 0 Å². The Balaban J connectivity index is 1.96. The van der Waals surface area contributed by atoms with Crippen molar-refractivity contribution < 1.29 is 0 Å². The average Bonchev–Trinajstić information content (AvgIpc) is 3.12. The minimum Gasteiger partial charge on any atom is -0.354 e. The van der Waals surface area contributed by atoms with E-state index in [1.165, 1.54) is 38.9 Å². The summed E-state index contributed by atoms with van der Waals surface area (Å²) in [4.78, 5) is 3.66. The molecule has 0 aliphatic heterocycles. The van der Waals surface area contributed by atoms with Crippen molar-refractivity contribution in [1.82, 2.24) is 4.98 Å². The molecule has 0 saturated heterocycles.